The van der Waals surface area contributed by atoms with Crippen molar-refractivity contribution in [1.82, 2.24) is 19.9 Å². The molecule has 4 aromatic rings. The van der Waals surface area contributed by atoms with Gasteiger partial charge in [0, 0.05) is 17.3 Å². The molecule has 0 unspecified atom stereocenters. The minimum atomic E-state index is -0.240. The molecule has 2 N–H and O–H groups in total. The Morgan fingerprint density at radius 3 is 2.73 bits per heavy atom. The van der Waals surface area contributed by atoms with Gasteiger partial charge in [-0.2, -0.15) is 4.52 Å². The van der Waals surface area contributed by atoms with E-state index in [9.17, 15) is 9.59 Å². The predicted octanol–water partition coefficient (Wildman–Crippen LogP) is 4.92. The highest BCUT2D eigenvalue weighted by atomic mass is 32.1. The molecule has 0 spiro atoms. The predicted molar refractivity (Wildman–Crippen MR) is 133 cm³/mol. The zero-order chi connectivity index (χ0) is 22.9. The van der Waals surface area contributed by atoms with Crippen LogP contribution < -0.4 is 16.2 Å². The van der Waals surface area contributed by atoms with Gasteiger partial charge < -0.3 is 10.6 Å². The fourth-order valence-electron chi connectivity index (χ4n) is 4.44. The quantitative estimate of drug-likeness (QED) is 0.440. The summed E-state index contributed by atoms with van der Waals surface area (Å²) in [7, 11) is 0. The number of para-hydroxylation sites is 1. The van der Waals surface area contributed by atoms with Gasteiger partial charge in [-0.25, -0.2) is 4.98 Å². The van der Waals surface area contributed by atoms with Crippen LogP contribution in [0, 0.1) is 5.92 Å². The van der Waals surface area contributed by atoms with Gasteiger partial charge in [0.15, 0.2) is 0 Å². The largest absolute Gasteiger partial charge is 0.349 e. The fraction of sp³-hybridized carbons (Fsp3) is 0.360. The maximum absolute atomic E-state index is 13.0. The molecule has 0 radical (unpaired) electrons. The number of fused-ring (bicyclic) bond motifs is 2. The Hall–Kier alpha value is -3.26. The Morgan fingerprint density at radius 1 is 1.15 bits per heavy atom. The van der Waals surface area contributed by atoms with Crippen molar-refractivity contribution in [1.29, 1.82) is 0 Å². The van der Waals surface area contributed by atoms with Crippen molar-refractivity contribution in [2.45, 2.75) is 52.0 Å². The molecule has 170 valence electrons. The molecule has 1 amide bonds. The maximum atomic E-state index is 13.0. The Kier molecular flexibility index (Phi) is 5.85. The van der Waals surface area contributed by atoms with Gasteiger partial charge in [-0.15, -0.1) is 5.10 Å². The summed E-state index contributed by atoms with van der Waals surface area (Å²) in [6.07, 6.45) is 5.20. The molecule has 1 aliphatic carbocycles. The Morgan fingerprint density at radius 2 is 1.94 bits per heavy atom. The average molecular weight is 462 g/mol. The second kappa shape index (κ2) is 8.94. The fourth-order valence-corrected chi connectivity index (χ4v) is 5.25. The van der Waals surface area contributed by atoms with Crippen LogP contribution in [0.2, 0.25) is 0 Å². The number of anilines is 2. The molecular formula is C25H27N5O2S. The van der Waals surface area contributed by atoms with E-state index in [4.69, 9.17) is 0 Å². The Balaban J connectivity index is 1.44. The molecule has 33 heavy (non-hydrogen) atoms. The summed E-state index contributed by atoms with van der Waals surface area (Å²) in [6.45, 7) is 4.36. The van der Waals surface area contributed by atoms with Gasteiger partial charge in [0.25, 0.3) is 11.5 Å². The van der Waals surface area contributed by atoms with Crippen molar-refractivity contribution in [3.8, 4) is 0 Å². The highest BCUT2D eigenvalue weighted by Crippen LogP contribution is 2.26. The van der Waals surface area contributed by atoms with Crippen LogP contribution in [0.5, 0.6) is 0 Å². The van der Waals surface area contributed by atoms with E-state index >= 15 is 0 Å². The van der Waals surface area contributed by atoms with Crippen molar-refractivity contribution in [3.63, 3.8) is 0 Å². The van der Waals surface area contributed by atoms with Crippen molar-refractivity contribution >= 4 is 43.9 Å². The summed E-state index contributed by atoms with van der Waals surface area (Å²) >= 11 is 1.31. The molecule has 0 bridgehead atoms. The second-order valence-electron chi connectivity index (χ2n) is 8.82. The van der Waals surface area contributed by atoms with Crippen LogP contribution in [0.4, 0.5) is 10.8 Å². The number of hydrogen-bond donors (Lipinski definition) is 2. The third-order valence-corrected chi connectivity index (χ3v) is 7.27. The first kappa shape index (κ1) is 21.6. The van der Waals surface area contributed by atoms with Crippen molar-refractivity contribution in [3.05, 3.63) is 63.9 Å². The zero-order valence-corrected chi connectivity index (χ0v) is 19.6. The van der Waals surface area contributed by atoms with E-state index in [1.807, 2.05) is 18.2 Å². The summed E-state index contributed by atoms with van der Waals surface area (Å²) in [5, 5.41) is 11.9. The summed E-state index contributed by atoms with van der Waals surface area (Å²) in [5.74, 6) is 0.619. The van der Waals surface area contributed by atoms with Crippen LogP contribution in [0.3, 0.4) is 0 Å². The standard InChI is InChI=1S/C25H27N5O2S/c1-3-16-6-4-5-7-20(16)27-24-29-30-23(32)19-13-10-17(14-21(19)28-25(30)33-24)22(31)26-18-11-8-15(2)9-12-18/h4-7,10,13-15,18H,3,8-9,11-12H2,1-2H3,(H,26,31)(H,27,29). The minimum absolute atomic E-state index is 0.110. The minimum Gasteiger partial charge on any atom is -0.349 e. The smallest absolute Gasteiger partial charge is 0.283 e. The summed E-state index contributed by atoms with van der Waals surface area (Å²) < 4.78 is 1.33. The highest BCUT2D eigenvalue weighted by Gasteiger charge is 2.21. The number of nitrogens with one attached hydrogen (secondary N) is 2. The van der Waals surface area contributed by atoms with E-state index in [2.05, 4.69) is 40.6 Å². The number of rotatable bonds is 5. The van der Waals surface area contributed by atoms with Crippen LogP contribution in [0.1, 0.15) is 55.5 Å². The maximum Gasteiger partial charge on any atom is 0.283 e. The molecule has 0 saturated heterocycles. The average Bonchev–Trinajstić information content (AvgIpc) is 3.23. The van der Waals surface area contributed by atoms with Crippen LogP contribution in [-0.2, 0) is 6.42 Å². The zero-order valence-electron chi connectivity index (χ0n) is 18.8. The first-order valence-corrected chi connectivity index (χ1v) is 12.3. The monoisotopic (exact) mass is 461 g/mol. The normalized spacial score (nSPS) is 18.5. The van der Waals surface area contributed by atoms with Crippen LogP contribution >= 0.6 is 11.3 Å². The van der Waals surface area contributed by atoms with Gasteiger partial charge in [0.2, 0.25) is 10.1 Å². The molecule has 7 nitrogen and oxygen atoms in total. The lowest BCUT2D eigenvalue weighted by atomic mass is 9.87. The SMILES string of the molecule is CCc1ccccc1Nc1nn2c(=O)c3ccc(C(=O)NC4CCC(C)CC4)cc3nc2s1. The molecular weight excluding hydrogens is 434 g/mol. The Labute approximate surface area is 195 Å². The van der Waals surface area contributed by atoms with Crippen LogP contribution in [0.15, 0.2) is 47.3 Å². The molecule has 8 heteroatoms. The summed E-state index contributed by atoms with van der Waals surface area (Å²) in [6, 6.07) is 13.3. The lowest BCUT2D eigenvalue weighted by molar-refractivity contribution is 0.0923. The van der Waals surface area contributed by atoms with E-state index in [0.717, 1.165) is 43.7 Å². The third kappa shape index (κ3) is 4.35. The number of hydrogen-bond acceptors (Lipinski definition) is 6. The lowest BCUT2D eigenvalue weighted by Gasteiger charge is -2.26. The Bertz CT molecular complexity index is 1380. The number of aromatic nitrogens is 3. The number of aryl methyl sites for hydroxylation is 1. The first-order chi connectivity index (χ1) is 16.0. The van der Waals surface area contributed by atoms with Gasteiger partial charge in [-0.1, -0.05) is 43.4 Å². The molecule has 2 aromatic heterocycles. The van der Waals surface area contributed by atoms with Crippen molar-refractivity contribution in [2.75, 3.05) is 5.32 Å². The summed E-state index contributed by atoms with van der Waals surface area (Å²) in [5.41, 5.74) is 2.93. The molecule has 1 saturated carbocycles. The third-order valence-electron chi connectivity index (χ3n) is 6.45. The van der Waals surface area contributed by atoms with Crippen molar-refractivity contribution in [2.24, 2.45) is 5.92 Å². The van der Waals surface area contributed by atoms with Crippen LogP contribution in [-0.4, -0.2) is 26.5 Å². The molecule has 0 atom stereocenters. The van der Waals surface area contributed by atoms with E-state index in [1.54, 1.807) is 18.2 Å². The number of carbonyl (C=O) groups is 1. The van der Waals surface area contributed by atoms with Gasteiger partial charge >= 0.3 is 0 Å². The molecule has 1 fully saturated rings. The molecule has 5 rings (SSSR count). The van der Waals surface area contributed by atoms with Gasteiger partial charge in [-0.3, -0.25) is 9.59 Å². The van der Waals surface area contributed by atoms with Gasteiger partial charge in [0.1, 0.15) is 0 Å². The van der Waals surface area contributed by atoms with Crippen LogP contribution in [0.25, 0.3) is 15.9 Å². The molecule has 1 aliphatic rings. The number of benzene rings is 2. The molecule has 0 aliphatic heterocycles. The highest BCUT2D eigenvalue weighted by molar-refractivity contribution is 7.20. The summed E-state index contributed by atoms with van der Waals surface area (Å²) in [4.78, 5) is 31.0. The molecule has 2 heterocycles. The van der Waals surface area contributed by atoms with Gasteiger partial charge in [0.05, 0.1) is 10.9 Å². The first-order valence-electron chi connectivity index (χ1n) is 11.5. The number of amides is 1. The number of carbonyl (C=O) groups excluding carboxylic acids is 1. The lowest BCUT2D eigenvalue weighted by Crippen LogP contribution is -2.37. The van der Waals surface area contributed by atoms with E-state index in [0.29, 0.717) is 26.6 Å². The van der Waals surface area contributed by atoms with Gasteiger partial charge in [-0.05, 0) is 67.9 Å². The number of nitrogens with zero attached hydrogens (tertiary/aromatic N) is 3. The topological polar surface area (TPSA) is 88.4 Å². The second-order valence-corrected chi connectivity index (χ2v) is 9.77. The van der Waals surface area contributed by atoms with Crippen molar-refractivity contribution < 1.29 is 4.79 Å². The van der Waals surface area contributed by atoms with E-state index in [1.165, 1.54) is 21.4 Å². The van der Waals surface area contributed by atoms with E-state index in [-0.39, 0.29) is 17.5 Å². The molecule has 2 aromatic carbocycles. The van der Waals surface area contributed by atoms with E-state index < -0.39 is 0 Å².